The number of rotatable bonds is 4. The molecule has 0 saturated carbocycles. The summed E-state index contributed by atoms with van der Waals surface area (Å²) in [6, 6.07) is 0. The Morgan fingerprint density at radius 1 is 1.40 bits per heavy atom. The van der Waals surface area contributed by atoms with Gasteiger partial charge in [0.1, 0.15) is 22.2 Å². The maximum absolute atomic E-state index is 10.3. The fourth-order valence-electron chi connectivity index (χ4n) is 0.674. The molecule has 0 aromatic heterocycles. The molecule has 1 unspecified atom stereocenters. The molecule has 3 nitrogen and oxygen atoms in total. The van der Waals surface area contributed by atoms with Crippen LogP contribution in [0.2, 0.25) is 0 Å². The van der Waals surface area contributed by atoms with E-state index in [0.29, 0.717) is 12.7 Å². The van der Waals surface area contributed by atoms with Gasteiger partial charge in [-0.1, -0.05) is 13.8 Å². The molecule has 0 N–H and O–H groups in total. The van der Waals surface area contributed by atoms with Crippen molar-refractivity contribution < 1.29 is 13.2 Å². The third-order valence-corrected chi connectivity index (χ3v) is 2.01. The van der Waals surface area contributed by atoms with Crippen LogP contribution in [0.3, 0.4) is 0 Å². The summed E-state index contributed by atoms with van der Waals surface area (Å²) in [7, 11) is -2.56. The van der Waals surface area contributed by atoms with Crippen molar-refractivity contribution in [3.63, 3.8) is 0 Å². The van der Waals surface area contributed by atoms with Gasteiger partial charge in [0, 0.05) is 0 Å². The van der Waals surface area contributed by atoms with Crippen LogP contribution in [0.25, 0.3) is 0 Å². The zero-order chi connectivity index (χ0) is 8.15. The van der Waals surface area contributed by atoms with Crippen LogP contribution in [0.5, 0.6) is 0 Å². The van der Waals surface area contributed by atoms with Crippen molar-refractivity contribution >= 4 is 17.0 Å². The van der Waals surface area contributed by atoms with Crippen molar-refractivity contribution in [3.05, 3.63) is 0 Å². The zero-order valence-electron chi connectivity index (χ0n) is 6.11. The standard InChI is InChI=1S/C6H12O3S/c1-5(2)3-6(4-7)10(8)9/h4-6,10H,3H2,1-2H3. The van der Waals surface area contributed by atoms with Crippen molar-refractivity contribution in [1.82, 2.24) is 0 Å². The highest BCUT2D eigenvalue weighted by Crippen LogP contribution is 2.04. The predicted octanol–water partition coefficient (Wildman–Crippen LogP) is 0.211. The first-order valence-electron chi connectivity index (χ1n) is 3.16. The first kappa shape index (κ1) is 9.62. The largest absolute Gasteiger partial charge is 0.302 e. The molecule has 0 amide bonds. The van der Waals surface area contributed by atoms with Crippen LogP contribution < -0.4 is 0 Å². The van der Waals surface area contributed by atoms with E-state index in [-0.39, 0.29) is 5.92 Å². The van der Waals surface area contributed by atoms with E-state index in [0.717, 1.165) is 0 Å². The lowest BCUT2D eigenvalue weighted by Crippen LogP contribution is -2.13. The fraction of sp³-hybridized carbons (Fsp3) is 0.833. The lowest BCUT2D eigenvalue weighted by molar-refractivity contribution is -0.107. The third kappa shape index (κ3) is 3.61. The van der Waals surface area contributed by atoms with Gasteiger partial charge in [-0.15, -0.1) is 0 Å². The van der Waals surface area contributed by atoms with Gasteiger partial charge in [0.25, 0.3) is 0 Å². The van der Waals surface area contributed by atoms with Crippen LogP contribution in [-0.4, -0.2) is 20.0 Å². The molecule has 0 saturated heterocycles. The van der Waals surface area contributed by atoms with Crippen molar-refractivity contribution in [2.75, 3.05) is 0 Å². The molecule has 0 aliphatic carbocycles. The van der Waals surface area contributed by atoms with E-state index in [2.05, 4.69) is 0 Å². The average molecular weight is 164 g/mol. The van der Waals surface area contributed by atoms with Gasteiger partial charge in [0.05, 0.1) is 0 Å². The minimum atomic E-state index is -2.56. The molecular weight excluding hydrogens is 152 g/mol. The molecule has 60 valence electrons. The number of carbonyl (C=O) groups excluding carboxylic acids is 1. The van der Waals surface area contributed by atoms with Gasteiger partial charge >= 0.3 is 0 Å². The highest BCUT2D eigenvalue weighted by molar-refractivity contribution is 7.73. The van der Waals surface area contributed by atoms with Gasteiger partial charge < -0.3 is 4.79 Å². The van der Waals surface area contributed by atoms with E-state index in [1.165, 1.54) is 0 Å². The van der Waals surface area contributed by atoms with Crippen LogP contribution in [0.15, 0.2) is 0 Å². The summed E-state index contributed by atoms with van der Waals surface area (Å²) in [5.74, 6) is 0.253. The maximum Gasteiger partial charge on any atom is 0.149 e. The van der Waals surface area contributed by atoms with Crippen LogP contribution in [-0.2, 0) is 15.5 Å². The molecule has 0 rings (SSSR count). The minimum absolute atomic E-state index is 0.253. The molecule has 4 heteroatoms. The monoisotopic (exact) mass is 164 g/mol. The van der Waals surface area contributed by atoms with Gasteiger partial charge in [0.15, 0.2) is 0 Å². The van der Waals surface area contributed by atoms with Crippen molar-refractivity contribution in [2.45, 2.75) is 25.5 Å². The van der Waals surface area contributed by atoms with E-state index >= 15 is 0 Å². The smallest absolute Gasteiger partial charge is 0.149 e. The van der Waals surface area contributed by atoms with Gasteiger partial charge in [-0.25, -0.2) is 8.42 Å². The Morgan fingerprint density at radius 3 is 2.00 bits per heavy atom. The second kappa shape index (κ2) is 4.44. The highest BCUT2D eigenvalue weighted by Gasteiger charge is 2.11. The molecule has 0 bridgehead atoms. The van der Waals surface area contributed by atoms with Crippen molar-refractivity contribution in [1.29, 1.82) is 0 Å². The summed E-state index contributed by atoms with van der Waals surface area (Å²) in [6.45, 7) is 3.77. The summed E-state index contributed by atoms with van der Waals surface area (Å²) in [4.78, 5) is 10.1. The fourth-order valence-corrected chi connectivity index (χ4v) is 1.37. The molecule has 0 aromatic rings. The second-order valence-electron chi connectivity index (χ2n) is 2.62. The molecule has 0 aromatic carbocycles. The van der Waals surface area contributed by atoms with E-state index in [1.54, 1.807) is 0 Å². The molecule has 0 spiro atoms. The zero-order valence-corrected chi connectivity index (χ0v) is 7.01. The number of hydrogen-bond acceptors (Lipinski definition) is 3. The number of hydrogen-bond donors (Lipinski definition) is 1. The molecule has 0 aliphatic rings. The van der Waals surface area contributed by atoms with E-state index in [9.17, 15) is 13.2 Å². The number of aldehydes is 1. The first-order chi connectivity index (χ1) is 4.57. The normalized spacial score (nSPS) is 14.0. The molecular formula is C6H12O3S. The minimum Gasteiger partial charge on any atom is -0.302 e. The Bertz CT molecular complexity index is 164. The van der Waals surface area contributed by atoms with Crippen LogP contribution in [0.1, 0.15) is 20.3 Å². The Morgan fingerprint density at radius 2 is 1.90 bits per heavy atom. The lowest BCUT2D eigenvalue weighted by atomic mass is 10.1. The molecule has 0 fully saturated rings. The van der Waals surface area contributed by atoms with Crippen molar-refractivity contribution in [2.24, 2.45) is 5.92 Å². The first-order valence-corrected chi connectivity index (χ1v) is 4.41. The van der Waals surface area contributed by atoms with E-state index in [4.69, 9.17) is 0 Å². The number of thiol groups is 1. The summed E-state index contributed by atoms with van der Waals surface area (Å²) in [6.07, 6.45) is 0.925. The molecule has 0 radical (unpaired) electrons. The Kier molecular flexibility index (Phi) is 4.27. The Labute approximate surface area is 62.4 Å². The average Bonchev–Trinajstić information content (AvgIpc) is 1.81. The van der Waals surface area contributed by atoms with Crippen LogP contribution in [0, 0.1) is 5.92 Å². The molecule has 0 aliphatic heterocycles. The number of carbonyl (C=O) groups is 1. The summed E-state index contributed by atoms with van der Waals surface area (Å²) >= 11 is 0. The van der Waals surface area contributed by atoms with E-state index in [1.807, 2.05) is 13.8 Å². The molecule has 10 heavy (non-hydrogen) atoms. The van der Waals surface area contributed by atoms with E-state index < -0.39 is 16.0 Å². The van der Waals surface area contributed by atoms with Crippen LogP contribution in [0.4, 0.5) is 0 Å². The van der Waals surface area contributed by atoms with Gasteiger partial charge in [-0.3, -0.25) is 0 Å². The lowest BCUT2D eigenvalue weighted by Gasteiger charge is -2.04. The molecule has 0 heterocycles. The van der Waals surface area contributed by atoms with Crippen molar-refractivity contribution in [3.8, 4) is 0 Å². The maximum atomic E-state index is 10.3. The summed E-state index contributed by atoms with van der Waals surface area (Å²) in [5, 5.41) is -0.782. The van der Waals surface area contributed by atoms with Gasteiger partial charge in [-0.2, -0.15) is 0 Å². The predicted molar refractivity (Wildman–Crippen MR) is 39.6 cm³/mol. The third-order valence-electron chi connectivity index (χ3n) is 1.14. The van der Waals surface area contributed by atoms with Gasteiger partial charge in [0.2, 0.25) is 0 Å². The highest BCUT2D eigenvalue weighted by atomic mass is 32.2. The summed E-state index contributed by atoms with van der Waals surface area (Å²) in [5.41, 5.74) is 0. The summed E-state index contributed by atoms with van der Waals surface area (Å²) < 4.78 is 20.5. The van der Waals surface area contributed by atoms with Gasteiger partial charge in [-0.05, 0) is 12.3 Å². The topological polar surface area (TPSA) is 51.2 Å². The Hall–Kier alpha value is -0.380. The quantitative estimate of drug-likeness (QED) is 0.477. The second-order valence-corrected chi connectivity index (χ2v) is 3.85. The van der Waals surface area contributed by atoms with Crippen LogP contribution >= 0.6 is 0 Å². The molecule has 1 atom stereocenters. The SMILES string of the molecule is CC(C)CC(C=O)[SH](=O)=O. The Balaban J connectivity index is 3.96.